The SMILES string of the molecule is Cc1cc(S(C)(=O)=O)ccc1C(C)C. The second-order valence-electron chi connectivity index (χ2n) is 3.95. The Balaban J connectivity index is 3.27. The average molecular weight is 212 g/mol. The van der Waals surface area contributed by atoms with Crippen molar-refractivity contribution in [3.63, 3.8) is 0 Å². The normalized spacial score (nSPS) is 12.1. The van der Waals surface area contributed by atoms with Crippen LogP contribution in [-0.2, 0) is 9.84 Å². The zero-order valence-corrected chi connectivity index (χ0v) is 9.85. The van der Waals surface area contributed by atoms with Crippen molar-refractivity contribution in [1.82, 2.24) is 0 Å². The predicted octanol–water partition coefficient (Wildman–Crippen LogP) is 2.52. The molecule has 2 nitrogen and oxygen atoms in total. The zero-order chi connectivity index (χ0) is 10.9. The van der Waals surface area contributed by atoms with Crippen LogP contribution >= 0.6 is 0 Å². The van der Waals surface area contributed by atoms with Gasteiger partial charge in [0.15, 0.2) is 9.84 Å². The molecule has 0 unspecified atom stereocenters. The van der Waals surface area contributed by atoms with Gasteiger partial charge in [-0.05, 0) is 36.1 Å². The van der Waals surface area contributed by atoms with Gasteiger partial charge in [-0.1, -0.05) is 19.9 Å². The van der Waals surface area contributed by atoms with Crippen LogP contribution in [0.15, 0.2) is 23.1 Å². The van der Waals surface area contributed by atoms with E-state index in [0.717, 1.165) is 5.56 Å². The van der Waals surface area contributed by atoms with E-state index in [1.165, 1.54) is 11.8 Å². The molecule has 14 heavy (non-hydrogen) atoms. The second-order valence-corrected chi connectivity index (χ2v) is 5.96. The molecule has 0 heterocycles. The van der Waals surface area contributed by atoms with Crippen LogP contribution in [0.25, 0.3) is 0 Å². The second kappa shape index (κ2) is 3.73. The molecule has 0 spiro atoms. The smallest absolute Gasteiger partial charge is 0.175 e. The maximum atomic E-state index is 11.3. The van der Waals surface area contributed by atoms with E-state index in [-0.39, 0.29) is 0 Å². The van der Waals surface area contributed by atoms with Crippen molar-refractivity contribution in [1.29, 1.82) is 0 Å². The summed E-state index contributed by atoms with van der Waals surface area (Å²) >= 11 is 0. The summed E-state index contributed by atoms with van der Waals surface area (Å²) in [6.07, 6.45) is 1.23. The summed E-state index contributed by atoms with van der Waals surface area (Å²) in [6, 6.07) is 5.32. The van der Waals surface area contributed by atoms with Crippen molar-refractivity contribution in [3.05, 3.63) is 29.3 Å². The van der Waals surface area contributed by atoms with Crippen molar-refractivity contribution in [3.8, 4) is 0 Å². The number of sulfone groups is 1. The molecule has 1 aromatic rings. The van der Waals surface area contributed by atoms with E-state index in [9.17, 15) is 8.42 Å². The number of aryl methyl sites for hydroxylation is 1. The molecule has 0 aliphatic heterocycles. The highest BCUT2D eigenvalue weighted by Gasteiger charge is 2.10. The van der Waals surface area contributed by atoms with E-state index in [0.29, 0.717) is 10.8 Å². The highest BCUT2D eigenvalue weighted by atomic mass is 32.2. The first kappa shape index (κ1) is 11.2. The third kappa shape index (κ3) is 2.35. The van der Waals surface area contributed by atoms with Crippen LogP contribution in [0.2, 0.25) is 0 Å². The van der Waals surface area contributed by atoms with Crippen molar-refractivity contribution in [2.24, 2.45) is 0 Å². The van der Waals surface area contributed by atoms with Crippen LogP contribution in [0.3, 0.4) is 0 Å². The van der Waals surface area contributed by atoms with Crippen LogP contribution in [0.5, 0.6) is 0 Å². The fourth-order valence-corrected chi connectivity index (χ4v) is 2.23. The van der Waals surface area contributed by atoms with Crippen molar-refractivity contribution in [2.75, 3.05) is 6.26 Å². The van der Waals surface area contributed by atoms with Gasteiger partial charge in [-0.25, -0.2) is 8.42 Å². The number of benzene rings is 1. The first-order valence-electron chi connectivity index (χ1n) is 4.63. The average Bonchev–Trinajstić information content (AvgIpc) is 2.01. The van der Waals surface area contributed by atoms with E-state index >= 15 is 0 Å². The molecular formula is C11H16O2S. The van der Waals surface area contributed by atoms with Gasteiger partial charge < -0.3 is 0 Å². The van der Waals surface area contributed by atoms with Gasteiger partial charge in [0.05, 0.1) is 4.90 Å². The van der Waals surface area contributed by atoms with Crippen molar-refractivity contribution in [2.45, 2.75) is 31.6 Å². The summed E-state index contributed by atoms with van der Waals surface area (Å²) in [4.78, 5) is 0.402. The quantitative estimate of drug-likeness (QED) is 0.755. The molecule has 3 heteroatoms. The topological polar surface area (TPSA) is 34.1 Å². The van der Waals surface area contributed by atoms with E-state index in [1.54, 1.807) is 12.1 Å². The van der Waals surface area contributed by atoms with E-state index in [2.05, 4.69) is 13.8 Å². The minimum absolute atomic E-state index is 0.402. The Labute approximate surface area is 85.9 Å². The summed E-state index contributed by atoms with van der Waals surface area (Å²) in [6.45, 7) is 6.15. The Morgan fingerprint density at radius 3 is 2.14 bits per heavy atom. The van der Waals surface area contributed by atoms with Gasteiger partial charge in [0.1, 0.15) is 0 Å². The Morgan fingerprint density at radius 1 is 1.21 bits per heavy atom. The van der Waals surface area contributed by atoms with Gasteiger partial charge in [0.25, 0.3) is 0 Å². The third-order valence-electron chi connectivity index (χ3n) is 2.29. The predicted molar refractivity (Wildman–Crippen MR) is 58.4 cm³/mol. The Morgan fingerprint density at radius 2 is 1.79 bits per heavy atom. The maximum Gasteiger partial charge on any atom is 0.175 e. The molecule has 0 bridgehead atoms. The van der Waals surface area contributed by atoms with E-state index in [4.69, 9.17) is 0 Å². The molecule has 0 fully saturated rings. The zero-order valence-electron chi connectivity index (χ0n) is 9.03. The Bertz CT molecular complexity index is 431. The van der Waals surface area contributed by atoms with Gasteiger partial charge in [-0.3, -0.25) is 0 Å². The highest BCUT2D eigenvalue weighted by molar-refractivity contribution is 7.90. The third-order valence-corrected chi connectivity index (χ3v) is 3.40. The molecule has 0 aromatic heterocycles. The fourth-order valence-electron chi connectivity index (χ4n) is 1.53. The minimum Gasteiger partial charge on any atom is -0.224 e. The standard InChI is InChI=1S/C11H16O2S/c1-8(2)11-6-5-10(7-9(11)3)14(4,12)13/h5-8H,1-4H3. The first-order valence-corrected chi connectivity index (χ1v) is 6.52. The van der Waals surface area contributed by atoms with E-state index < -0.39 is 9.84 Å². The van der Waals surface area contributed by atoms with Crippen LogP contribution in [-0.4, -0.2) is 14.7 Å². The molecule has 0 aliphatic carbocycles. The lowest BCUT2D eigenvalue weighted by molar-refractivity contribution is 0.601. The Hall–Kier alpha value is -0.830. The van der Waals surface area contributed by atoms with Crippen molar-refractivity contribution < 1.29 is 8.42 Å². The minimum atomic E-state index is -3.07. The van der Waals surface area contributed by atoms with Crippen LogP contribution in [0, 0.1) is 6.92 Å². The van der Waals surface area contributed by atoms with Crippen LogP contribution in [0.4, 0.5) is 0 Å². The van der Waals surface area contributed by atoms with Gasteiger partial charge >= 0.3 is 0 Å². The van der Waals surface area contributed by atoms with Gasteiger partial charge in [0, 0.05) is 6.26 Å². The highest BCUT2D eigenvalue weighted by Crippen LogP contribution is 2.21. The monoisotopic (exact) mass is 212 g/mol. The summed E-state index contributed by atoms with van der Waals surface area (Å²) < 4.78 is 22.5. The number of hydrogen-bond donors (Lipinski definition) is 0. The lowest BCUT2D eigenvalue weighted by Crippen LogP contribution is -2.00. The fraction of sp³-hybridized carbons (Fsp3) is 0.455. The number of rotatable bonds is 2. The molecule has 1 rings (SSSR count). The summed E-state index contributed by atoms with van der Waals surface area (Å²) in [5, 5.41) is 0. The maximum absolute atomic E-state index is 11.3. The molecule has 78 valence electrons. The Kier molecular flexibility index (Phi) is 3.00. The summed E-state index contributed by atoms with van der Waals surface area (Å²) in [7, 11) is -3.07. The molecule has 1 aromatic carbocycles. The molecule has 0 atom stereocenters. The lowest BCUT2D eigenvalue weighted by Gasteiger charge is -2.10. The van der Waals surface area contributed by atoms with Gasteiger partial charge in [-0.15, -0.1) is 0 Å². The summed E-state index contributed by atoms with van der Waals surface area (Å²) in [5.74, 6) is 0.434. The lowest BCUT2D eigenvalue weighted by atomic mass is 9.98. The molecular weight excluding hydrogens is 196 g/mol. The van der Waals surface area contributed by atoms with Gasteiger partial charge in [-0.2, -0.15) is 0 Å². The van der Waals surface area contributed by atoms with Gasteiger partial charge in [0.2, 0.25) is 0 Å². The van der Waals surface area contributed by atoms with Crippen LogP contribution < -0.4 is 0 Å². The largest absolute Gasteiger partial charge is 0.224 e. The molecule has 0 N–H and O–H groups in total. The molecule has 0 saturated heterocycles. The first-order chi connectivity index (χ1) is 6.32. The molecule has 0 saturated carbocycles. The molecule has 0 aliphatic rings. The summed E-state index contributed by atoms with van der Waals surface area (Å²) in [5.41, 5.74) is 2.25. The van der Waals surface area contributed by atoms with Crippen LogP contribution in [0.1, 0.15) is 30.9 Å². The molecule has 0 radical (unpaired) electrons. The van der Waals surface area contributed by atoms with Crippen molar-refractivity contribution >= 4 is 9.84 Å². The number of hydrogen-bond acceptors (Lipinski definition) is 2. The van der Waals surface area contributed by atoms with E-state index in [1.807, 2.05) is 13.0 Å². The molecule has 0 amide bonds.